The second-order valence-electron chi connectivity index (χ2n) is 8.13. The quantitative estimate of drug-likeness (QED) is 0.620. The molecule has 2 aromatic rings. The smallest absolute Gasteiger partial charge is 0.338 e. The molecule has 1 unspecified atom stereocenters. The van der Waals surface area contributed by atoms with Crippen LogP contribution in [0, 0.1) is 5.82 Å². The van der Waals surface area contributed by atoms with Crippen molar-refractivity contribution >= 4 is 17.5 Å². The molecule has 0 spiro atoms. The Kier molecular flexibility index (Phi) is 6.00. The average molecular weight is 459 g/mol. The maximum Gasteiger partial charge on any atom is 0.436 e. The summed E-state index contributed by atoms with van der Waals surface area (Å²) < 4.78 is 55.0. The molecule has 1 aromatic heterocycles. The van der Waals surface area contributed by atoms with Gasteiger partial charge >= 0.3 is 6.18 Å². The number of rotatable bonds is 5. The maximum atomic E-state index is 13.9. The summed E-state index contributed by atoms with van der Waals surface area (Å²) in [6.07, 6.45) is -3.20. The lowest BCUT2D eigenvalue weighted by Crippen LogP contribution is -2.50. The molecule has 4 rings (SSSR count). The number of aromatic nitrogens is 2. The lowest BCUT2D eigenvalue weighted by Gasteiger charge is -2.36. The van der Waals surface area contributed by atoms with E-state index >= 15 is 0 Å². The number of nitrogens with zero attached hydrogens (tertiary/aromatic N) is 4. The molecule has 5 nitrogen and oxygen atoms in total. The molecule has 0 bridgehead atoms. The summed E-state index contributed by atoms with van der Waals surface area (Å²) in [6.45, 7) is 3.93. The highest BCUT2D eigenvalue weighted by atomic mass is 35.5. The van der Waals surface area contributed by atoms with Gasteiger partial charge in [-0.1, -0.05) is 29.8 Å². The number of carbonyl (C=O) groups is 1. The Labute approximate surface area is 182 Å². The van der Waals surface area contributed by atoms with Gasteiger partial charge in [-0.25, -0.2) is 4.39 Å². The summed E-state index contributed by atoms with van der Waals surface area (Å²) in [5, 5.41) is 3.30. The van der Waals surface area contributed by atoms with Gasteiger partial charge in [0.05, 0.1) is 10.7 Å². The summed E-state index contributed by atoms with van der Waals surface area (Å²) in [4.78, 5) is 16.7. The van der Waals surface area contributed by atoms with Crippen molar-refractivity contribution in [3.8, 4) is 0 Å². The van der Waals surface area contributed by atoms with Crippen LogP contribution in [0.4, 0.5) is 17.6 Å². The molecule has 168 valence electrons. The topological polar surface area (TPSA) is 41.4 Å². The minimum Gasteiger partial charge on any atom is -0.338 e. The predicted molar refractivity (Wildman–Crippen MR) is 107 cm³/mol. The van der Waals surface area contributed by atoms with E-state index in [-0.39, 0.29) is 17.6 Å². The van der Waals surface area contributed by atoms with Crippen LogP contribution in [-0.2, 0) is 17.5 Å². The van der Waals surface area contributed by atoms with Crippen molar-refractivity contribution in [1.29, 1.82) is 0 Å². The summed E-state index contributed by atoms with van der Waals surface area (Å²) in [6, 6.07) is 5.68. The molecule has 1 aromatic carbocycles. The van der Waals surface area contributed by atoms with Crippen LogP contribution in [0.1, 0.15) is 48.7 Å². The lowest BCUT2D eigenvalue weighted by atomic mass is 10.1. The average Bonchev–Trinajstić information content (AvgIpc) is 3.50. The fourth-order valence-electron chi connectivity index (χ4n) is 3.99. The molecule has 2 fully saturated rings. The molecule has 1 saturated carbocycles. The summed E-state index contributed by atoms with van der Waals surface area (Å²) in [5.74, 6) is -0.650. The number of halogens is 5. The molecule has 2 heterocycles. The van der Waals surface area contributed by atoms with E-state index in [9.17, 15) is 22.4 Å². The second kappa shape index (κ2) is 8.43. The van der Waals surface area contributed by atoms with E-state index in [1.54, 1.807) is 30.0 Å². The van der Waals surface area contributed by atoms with Crippen molar-refractivity contribution in [2.45, 2.75) is 44.4 Å². The van der Waals surface area contributed by atoms with Gasteiger partial charge in [-0.3, -0.25) is 14.4 Å². The Bertz CT molecular complexity index is 965. The van der Waals surface area contributed by atoms with Crippen molar-refractivity contribution in [3.63, 3.8) is 0 Å². The Hall–Kier alpha value is -2.13. The third-order valence-corrected chi connectivity index (χ3v) is 6.25. The molecule has 0 radical (unpaired) electrons. The van der Waals surface area contributed by atoms with Gasteiger partial charge in [0.1, 0.15) is 11.9 Å². The molecule has 2 aliphatic rings. The van der Waals surface area contributed by atoms with E-state index in [1.165, 1.54) is 6.07 Å². The largest absolute Gasteiger partial charge is 0.436 e. The summed E-state index contributed by atoms with van der Waals surface area (Å²) in [5.41, 5.74) is -0.242. The van der Waals surface area contributed by atoms with Crippen LogP contribution in [0.5, 0.6) is 0 Å². The zero-order valence-corrected chi connectivity index (χ0v) is 17.8. The number of benzene rings is 1. The van der Waals surface area contributed by atoms with Crippen LogP contribution in [0.3, 0.4) is 0 Å². The molecular formula is C21H23ClF4N4O. The van der Waals surface area contributed by atoms with E-state index in [1.807, 2.05) is 0 Å². The molecule has 1 aliphatic heterocycles. The first kappa shape index (κ1) is 22.1. The monoisotopic (exact) mass is 458 g/mol. The molecule has 1 atom stereocenters. The summed E-state index contributed by atoms with van der Waals surface area (Å²) >= 11 is 6.03. The fourth-order valence-corrected chi connectivity index (χ4v) is 4.38. The highest BCUT2D eigenvalue weighted by molar-refractivity contribution is 6.32. The zero-order valence-electron chi connectivity index (χ0n) is 17.0. The Morgan fingerprint density at radius 2 is 1.84 bits per heavy atom. The first-order valence-corrected chi connectivity index (χ1v) is 10.6. The summed E-state index contributed by atoms with van der Waals surface area (Å²) in [7, 11) is 0. The lowest BCUT2D eigenvalue weighted by molar-refractivity contribution is -0.142. The van der Waals surface area contributed by atoms with E-state index in [4.69, 9.17) is 11.6 Å². The van der Waals surface area contributed by atoms with Crippen molar-refractivity contribution < 1.29 is 22.4 Å². The van der Waals surface area contributed by atoms with Crippen LogP contribution >= 0.6 is 11.6 Å². The molecule has 31 heavy (non-hydrogen) atoms. The van der Waals surface area contributed by atoms with Crippen molar-refractivity contribution in [1.82, 2.24) is 19.6 Å². The maximum absolute atomic E-state index is 13.9. The number of carbonyl (C=O) groups excluding carboxylic acids is 1. The third kappa shape index (κ3) is 4.57. The van der Waals surface area contributed by atoms with Gasteiger partial charge in [-0.05, 0) is 25.8 Å². The number of hydrogen-bond donors (Lipinski definition) is 0. The van der Waals surface area contributed by atoms with Crippen LogP contribution in [0.2, 0.25) is 5.02 Å². The van der Waals surface area contributed by atoms with Gasteiger partial charge < -0.3 is 4.90 Å². The second-order valence-corrected chi connectivity index (χ2v) is 8.51. The minimum atomic E-state index is -4.67. The van der Waals surface area contributed by atoms with E-state index in [0.717, 1.165) is 17.5 Å². The van der Waals surface area contributed by atoms with Crippen LogP contribution in [0.25, 0.3) is 0 Å². The van der Waals surface area contributed by atoms with Gasteiger partial charge in [-0.2, -0.15) is 18.3 Å². The third-order valence-electron chi connectivity index (χ3n) is 5.88. The van der Waals surface area contributed by atoms with Crippen LogP contribution in [0.15, 0.2) is 24.3 Å². The number of hydrogen-bond acceptors (Lipinski definition) is 3. The first-order valence-electron chi connectivity index (χ1n) is 10.3. The molecule has 10 heteroatoms. The Morgan fingerprint density at radius 1 is 1.19 bits per heavy atom. The zero-order chi connectivity index (χ0) is 22.3. The first-order chi connectivity index (χ1) is 14.7. The molecule has 1 aliphatic carbocycles. The van der Waals surface area contributed by atoms with Crippen LogP contribution < -0.4 is 0 Å². The normalized spacial score (nSPS) is 19.0. The van der Waals surface area contributed by atoms with Gasteiger partial charge in [0.15, 0.2) is 5.69 Å². The molecule has 0 N–H and O–H groups in total. The molecule has 1 saturated heterocycles. The molecular weight excluding hydrogens is 436 g/mol. The van der Waals surface area contributed by atoms with E-state index in [2.05, 4.69) is 10.00 Å². The number of piperazine rings is 1. The van der Waals surface area contributed by atoms with Gasteiger partial charge in [0.2, 0.25) is 5.91 Å². The minimum absolute atomic E-state index is 0.0935. The van der Waals surface area contributed by atoms with Gasteiger partial charge in [0.25, 0.3) is 0 Å². The van der Waals surface area contributed by atoms with Crippen molar-refractivity contribution in [2.24, 2.45) is 0 Å². The highest BCUT2D eigenvalue weighted by Crippen LogP contribution is 2.47. The Morgan fingerprint density at radius 3 is 2.42 bits per heavy atom. The highest BCUT2D eigenvalue weighted by Gasteiger charge is 2.43. The SMILES string of the molecule is CC(C(=O)N1CCN(Cc2ccccc2F)CC1)n1nc(C(F)(F)F)c(Cl)c1C1CC1. The standard InChI is InChI=1S/C21H23ClF4N4O/c1-13(30-18(14-6-7-14)17(22)19(27-30)21(24,25)26)20(31)29-10-8-28(9-11-29)12-15-4-2-3-5-16(15)23/h2-5,13-14H,6-12H2,1H3. The van der Waals surface area contributed by atoms with Crippen molar-refractivity contribution in [2.75, 3.05) is 26.2 Å². The Balaban J connectivity index is 1.44. The van der Waals surface area contributed by atoms with E-state index in [0.29, 0.717) is 44.0 Å². The molecule has 1 amide bonds. The number of alkyl halides is 3. The fraction of sp³-hybridized carbons (Fsp3) is 0.524. The van der Waals surface area contributed by atoms with Crippen LogP contribution in [-0.4, -0.2) is 51.7 Å². The van der Waals surface area contributed by atoms with Gasteiger partial charge in [0, 0.05) is 44.2 Å². The predicted octanol–water partition coefficient (Wildman–Crippen LogP) is 4.48. The van der Waals surface area contributed by atoms with Gasteiger partial charge in [-0.15, -0.1) is 0 Å². The van der Waals surface area contributed by atoms with E-state index < -0.39 is 22.9 Å². The number of amides is 1. The van der Waals surface area contributed by atoms with Crippen molar-refractivity contribution in [3.05, 3.63) is 52.1 Å².